The Morgan fingerprint density at radius 3 is 2.36 bits per heavy atom. The molecule has 0 spiro atoms. The van der Waals surface area contributed by atoms with Crippen molar-refractivity contribution < 1.29 is 4.79 Å². The van der Waals surface area contributed by atoms with Crippen molar-refractivity contribution >= 4 is 23.1 Å². The Morgan fingerprint density at radius 2 is 2.18 bits per heavy atom. The highest BCUT2D eigenvalue weighted by molar-refractivity contribution is 7.80. The summed E-state index contributed by atoms with van der Waals surface area (Å²) >= 11 is 5.04. The molecule has 0 aromatic heterocycles. The third kappa shape index (κ3) is 1.18. The average molecular weight is 171 g/mol. The molecule has 1 rings (SSSR count). The molecule has 0 bridgehead atoms. The van der Waals surface area contributed by atoms with Gasteiger partial charge in [-0.1, -0.05) is 33.0 Å². The van der Waals surface area contributed by atoms with E-state index in [-0.39, 0.29) is 17.2 Å². The van der Waals surface area contributed by atoms with Gasteiger partial charge in [-0.3, -0.25) is 4.79 Å². The molecule has 1 atom stereocenters. The van der Waals surface area contributed by atoms with E-state index in [1.54, 1.807) is 0 Å². The van der Waals surface area contributed by atoms with Crippen molar-refractivity contribution in [3.8, 4) is 0 Å². The zero-order valence-electron chi connectivity index (χ0n) is 7.10. The van der Waals surface area contributed by atoms with E-state index in [9.17, 15) is 4.79 Å². The Morgan fingerprint density at radius 1 is 1.64 bits per heavy atom. The molecule has 62 valence electrons. The minimum Gasteiger partial charge on any atom is -0.320 e. The molecule has 0 saturated carbocycles. The standard InChI is InChI=1S/C8H13NOS/c1-4-5-6(10)9-7(11)8(5,2)3/h5H,4H2,1-3H3,(H,9,10,11). The summed E-state index contributed by atoms with van der Waals surface area (Å²) in [6.07, 6.45) is 0.860. The molecule has 0 aromatic carbocycles. The molecule has 2 nitrogen and oxygen atoms in total. The van der Waals surface area contributed by atoms with Crippen LogP contribution in [-0.4, -0.2) is 10.9 Å². The Labute approximate surface area is 72.4 Å². The lowest BCUT2D eigenvalue weighted by molar-refractivity contribution is -0.123. The molecule has 0 aromatic rings. The van der Waals surface area contributed by atoms with Gasteiger partial charge in [0.05, 0.1) is 4.99 Å². The Balaban J connectivity index is 2.93. The van der Waals surface area contributed by atoms with E-state index in [2.05, 4.69) is 5.32 Å². The Hall–Kier alpha value is -0.440. The first-order valence-corrected chi connectivity index (χ1v) is 4.26. The number of carbonyl (C=O) groups is 1. The highest BCUT2D eigenvalue weighted by atomic mass is 32.1. The second kappa shape index (κ2) is 2.55. The summed E-state index contributed by atoms with van der Waals surface area (Å²) in [5, 5.41) is 2.70. The van der Waals surface area contributed by atoms with E-state index in [0.717, 1.165) is 6.42 Å². The van der Waals surface area contributed by atoms with Crippen molar-refractivity contribution in [1.82, 2.24) is 5.32 Å². The summed E-state index contributed by atoms with van der Waals surface area (Å²) < 4.78 is 0. The molecule has 1 fully saturated rings. The van der Waals surface area contributed by atoms with Gasteiger partial charge in [0.1, 0.15) is 0 Å². The molecule has 1 aliphatic heterocycles. The van der Waals surface area contributed by atoms with Crippen molar-refractivity contribution in [3.63, 3.8) is 0 Å². The van der Waals surface area contributed by atoms with E-state index in [0.29, 0.717) is 4.99 Å². The molecule has 0 radical (unpaired) electrons. The fourth-order valence-corrected chi connectivity index (χ4v) is 1.78. The second-order valence-electron chi connectivity index (χ2n) is 3.50. The SMILES string of the molecule is CCC1C(=O)NC(=S)C1(C)C. The van der Waals surface area contributed by atoms with Gasteiger partial charge in [0, 0.05) is 11.3 Å². The quantitative estimate of drug-likeness (QED) is 0.606. The number of hydrogen-bond donors (Lipinski definition) is 1. The van der Waals surface area contributed by atoms with Crippen LogP contribution in [0.4, 0.5) is 0 Å². The first-order chi connectivity index (χ1) is 5.00. The number of amides is 1. The summed E-state index contributed by atoms with van der Waals surface area (Å²) in [5.74, 6) is 0.150. The van der Waals surface area contributed by atoms with Gasteiger partial charge < -0.3 is 5.32 Å². The molecule has 1 amide bonds. The fourth-order valence-electron chi connectivity index (χ4n) is 1.54. The van der Waals surface area contributed by atoms with Gasteiger partial charge in [0.2, 0.25) is 5.91 Å². The van der Waals surface area contributed by atoms with Crippen LogP contribution in [0.2, 0.25) is 0 Å². The number of rotatable bonds is 1. The van der Waals surface area contributed by atoms with E-state index in [1.165, 1.54) is 0 Å². The maximum absolute atomic E-state index is 11.2. The molecule has 3 heteroatoms. The normalized spacial score (nSPS) is 28.8. The average Bonchev–Trinajstić information content (AvgIpc) is 2.04. The minimum atomic E-state index is -0.138. The smallest absolute Gasteiger partial charge is 0.228 e. The third-order valence-corrected chi connectivity index (χ3v) is 3.05. The Bertz CT molecular complexity index is 210. The minimum absolute atomic E-state index is 0.0648. The number of nitrogens with one attached hydrogen (secondary N) is 1. The van der Waals surface area contributed by atoms with Crippen LogP contribution in [0.5, 0.6) is 0 Å². The fraction of sp³-hybridized carbons (Fsp3) is 0.750. The van der Waals surface area contributed by atoms with Gasteiger partial charge in [0.25, 0.3) is 0 Å². The highest BCUT2D eigenvalue weighted by Gasteiger charge is 2.44. The third-order valence-electron chi connectivity index (χ3n) is 2.42. The number of carbonyl (C=O) groups excluding carboxylic acids is 1. The molecule has 1 N–H and O–H groups in total. The van der Waals surface area contributed by atoms with Gasteiger partial charge in [-0.15, -0.1) is 0 Å². The maximum Gasteiger partial charge on any atom is 0.228 e. The molecule has 1 saturated heterocycles. The van der Waals surface area contributed by atoms with Crippen molar-refractivity contribution in [2.45, 2.75) is 27.2 Å². The first-order valence-electron chi connectivity index (χ1n) is 3.85. The van der Waals surface area contributed by atoms with Gasteiger partial charge in [-0.25, -0.2) is 0 Å². The van der Waals surface area contributed by atoms with Crippen molar-refractivity contribution in [2.75, 3.05) is 0 Å². The van der Waals surface area contributed by atoms with Crippen LogP contribution in [0.3, 0.4) is 0 Å². The first kappa shape index (κ1) is 8.65. The summed E-state index contributed by atoms with van der Waals surface area (Å²) in [6, 6.07) is 0. The van der Waals surface area contributed by atoms with Crippen molar-refractivity contribution in [3.05, 3.63) is 0 Å². The van der Waals surface area contributed by atoms with Crippen LogP contribution >= 0.6 is 12.2 Å². The van der Waals surface area contributed by atoms with Crippen LogP contribution in [0, 0.1) is 11.3 Å². The summed E-state index contributed by atoms with van der Waals surface area (Å²) in [7, 11) is 0. The van der Waals surface area contributed by atoms with Gasteiger partial charge >= 0.3 is 0 Å². The van der Waals surface area contributed by atoms with E-state index in [1.807, 2.05) is 20.8 Å². The zero-order chi connectivity index (χ0) is 8.65. The molecular formula is C8H13NOS. The van der Waals surface area contributed by atoms with Crippen LogP contribution in [0.15, 0.2) is 0 Å². The van der Waals surface area contributed by atoms with Crippen molar-refractivity contribution in [2.24, 2.45) is 11.3 Å². The molecular weight excluding hydrogens is 158 g/mol. The van der Waals surface area contributed by atoms with Crippen LogP contribution in [0.25, 0.3) is 0 Å². The summed E-state index contributed by atoms with van der Waals surface area (Å²) in [6.45, 7) is 6.04. The van der Waals surface area contributed by atoms with E-state index < -0.39 is 0 Å². The predicted octanol–water partition coefficient (Wildman–Crippen LogP) is 1.50. The Kier molecular flexibility index (Phi) is 2.01. The maximum atomic E-state index is 11.2. The van der Waals surface area contributed by atoms with E-state index in [4.69, 9.17) is 12.2 Å². The second-order valence-corrected chi connectivity index (χ2v) is 3.91. The molecule has 1 unspecified atom stereocenters. The number of hydrogen-bond acceptors (Lipinski definition) is 2. The largest absolute Gasteiger partial charge is 0.320 e. The summed E-state index contributed by atoms with van der Waals surface area (Å²) in [4.78, 5) is 11.9. The van der Waals surface area contributed by atoms with Crippen molar-refractivity contribution in [1.29, 1.82) is 0 Å². The van der Waals surface area contributed by atoms with Gasteiger partial charge in [0.15, 0.2) is 0 Å². The lowest BCUT2D eigenvalue weighted by atomic mass is 9.80. The van der Waals surface area contributed by atoms with Crippen LogP contribution in [0.1, 0.15) is 27.2 Å². The molecule has 0 aliphatic carbocycles. The number of thiocarbonyl (C=S) groups is 1. The predicted molar refractivity (Wildman–Crippen MR) is 48.3 cm³/mol. The van der Waals surface area contributed by atoms with Gasteiger partial charge in [-0.05, 0) is 6.42 Å². The molecule has 1 aliphatic rings. The lowest BCUT2D eigenvalue weighted by Crippen LogP contribution is -2.26. The highest BCUT2D eigenvalue weighted by Crippen LogP contribution is 2.35. The molecule has 11 heavy (non-hydrogen) atoms. The topological polar surface area (TPSA) is 29.1 Å². The van der Waals surface area contributed by atoms with Crippen LogP contribution < -0.4 is 5.32 Å². The van der Waals surface area contributed by atoms with Crippen LogP contribution in [-0.2, 0) is 4.79 Å². The zero-order valence-corrected chi connectivity index (χ0v) is 7.92. The van der Waals surface area contributed by atoms with E-state index >= 15 is 0 Å². The summed E-state index contributed by atoms with van der Waals surface area (Å²) in [5.41, 5.74) is -0.138. The molecule has 1 heterocycles. The van der Waals surface area contributed by atoms with Gasteiger partial charge in [-0.2, -0.15) is 0 Å². The lowest BCUT2D eigenvalue weighted by Gasteiger charge is -2.21. The monoisotopic (exact) mass is 171 g/mol.